The molecule has 2 aromatic carbocycles. The van der Waals surface area contributed by atoms with Gasteiger partial charge in [0.2, 0.25) is 0 Å². The number of carbonyl (C=O) groups excluding carboxylic acids is 1. The van der Waals surface area contributed by atoms with Gasteiger partial charge in [-0.05, 0) is 59.7 Å². The summed E-state index contributed by atoms with van der Waals surface area (Å²) in [7, 11) is 0. The molecule has 5 nitrogen and oxygen atoms in total. The van der Waals surface area contributed by atoms with Gasteiger partial charge in [-0.15, -0.1) is 0 Å². The number of rotatable bonds is 1. The van der Waals surface area contributed by atoms with E-state index in [2.05, 4.69) is 47.8 Å². The zero-order valence-corrected chi connectivity index (χ0v) is 17.0. The SMILES string of the molecule is CC1(C)C2Cc3cc(C#N)ccc3[C@]1(C)CCN2C(=O)c1ccc2nc[nH]c2c1. The van der Waals surface area contributed by atoms with Crippen molar-refractivity contribution in [3.63, 3.8) is 0 Å². The summed E-state index contributed by atoms with van der Waals surface area (Å²) in [6.45, 7) is 7.64. The lowest BCUT2D eigenvalue weighted by atomic mass is 9.51. The number of aromatic nitrogens is 2. The zero-order valence-electron chi connectivity index (χ0n) is 17.0. The monoisotopic (exact) mass is 384 g/mol. The van der Waals surface area contributed by atoms with Crippen molar-refractivity contribution in [3.05, 3.63) is 65.0 Å². The average Bonchev–Trinajstić information content (AvgIpc) is 3.17. The molecule has 0 saturated carbocycles. The largest absolute Gasteiger partial charge is 0.345 e. The van der Waals surface area contributed by atoms with Crippen LogP contribution >= 0.6 is 0 Å². The van der Waals surface area contributed by atoms with Crippen molar-refractivity contribution >= 4 is 16.9 Å². The lowest BCUT2D eigenvalue weighted by Gasteiger charge is -2.60. The molecule has 1 aromatic heterocycles. The van der Waals surface area contributed by atoms with Crippen LogP contribution in [0.5, 0.6) is 0 Å². The summed E-state index contributed by atoms with van der Waals surface area (Å²) in [4.78, 5) is 22.9. The van der Waals surface area contributed by atoms with E-state index in [-0.39, 0.29) is 22.8 Å². The van der Waals surface area contributed by atoms with Gasteiger partial charge in [0, 0.05) is 23.6 Å². The van der Waals surface area contributed by atoms with E-state index in [1.165, 1.54) is 11.1 Å². The quantitative estimate of drug-likeness (QED) is 0.684. The first-order valence-electron chi connectivity index (χ1n) is 10.1. The Bertz CT molecular complexity index is 1190. The number of piperidine rings is 1. The number of hydrogen-bond acceptors (Lipinski definition) is 3. The summed E-state index contributed by atoms with van der Waals surface area (Å²) in [5, 5.41) is 9.34. The maximum Gasteiger partial charge on any atom is 0.254 e. The van der Waals surface area contributed by atoms with Crippen LogP contribution in [0.15, 0.2) is 42.7 Å². The van der Waals surface area contributed by atoms with Crippen LogP contribution in [-0.4, -0.2) is 33.4 Å². The maximum atomic E-state index is 13.5. The molecule has 2 bridgehead atoms. The van der Waals surface area contributed by atoms with Crippen LogP contribution in [-0.2, 0) is 11.8 Å². The maximum absolute atomic E-state index is 13.5. The van der Waals surface area contributed by atoms with Gasteiger partial charge in [-0.3, -0.25) is 4.79 Å². The van der Waals surface area contributed by atoms with Gasteiger partial charge in [-0.2, -0.15) is 5.26 Å². The fourth-order valence-corrected chi connectivity index (χ4v) is 5.48. The number of H-pyrrole nitrogens is 1. The average molecular weight is 384 g/mol. The van der Waals surface area contributed by atoms with Gasteiger partial charge in [0.25, 0.3) is 5.91 Å². The third kappa shape index (κ3) is 2.38. The number of benzene rings is 2. The fraction of sp³-hybridized carbons (Fsp3) is 0.375. The Morgan fingerprint density at radius 2 is 2.07 bits per heavy atom. The van der Waals surface area contributed by atoms with Crippen LogP contribution in [0, 0.1) is 16.7 Å². The van der Waals surface area contributed by atoms with Gasteiger partial charge in [0.05, 0.1) is 29.0 Å². The van der Waals surface area contributed by atoms with Gasteiger partial charge < -0.3 is 9.88 Å². The van der Waals surface area contributed by atoms with Crippen LogP contribution in [0.3, 0.4) is 0 Å². The van der Waals surface area contributed by atoms with E-state index in [4.69, 9.17) is 0 Å². The molecule has 1 amide bonds. The number of nitrogens with one attached hydrogen (secondary N) is 1. The van der Waals surface area contributed by atoms with Gasteiger partial charge in [-0.1, -0.05) is 26.8 Å². The molecule has 1 fully saturated rings. The number of likely N-dealkylation sites (tertiary alicyclic amines) is 1. The van der Waals surface area contributed by atoms with E-state index >= 15 is 0 Å². The Balaban J connectivity index is 1.57. The zero-order chi connectivity index (χ0) is 20.4. The minimum atomic E-state index is -0.0693. The van der Waals surface area contributed by atoms with E-state index in [0.717, 1.165) is 30.4 Å². The third-order valence-corrected chi connectivity index (χ3v) is 7.65. The Morgan fingerprint density at radius 3 is 2.86 bits per heavy atom. The Kier molecular flexibility index (Phi) is 3.67. The highest BCUT2D eigenvalue weighted by molar-refractivity contribution is 5.97. The number of fused-ring (bicyclic) bond motifs is 5. The smallest absolute Gasteiger partial charge is 0.254 e. The molecular formula is C24H24N4O. The molecule has 0 spiro atoms. The number of imidazole rings is 1. The second kappa shape index (κ2) is 5.93. The first kappa shape index (κ1) is 17.9. The number of amides is 1. The molecule has 1 saturated heterocycles. The van der Waals surface area contributed by atoms with Gasteiger partial charge >= 0.3 is 0 Å². The van der Waals surface area contributed by atoms with Crippen LogP contribution in [0.25, 0.3) is 11.0 Å². The highest BCUT2D eigenvalue weighted by Crippen LogP contribution is 2.56. The summed E-state index contributed by atoms with van der Waals surface area (Å²) in [6.07, 6.45) is 3.35. The lowest BCUT2D eigenvalue weighted by Crippen LogP contribution is -2.64. The van der Waals surface area contributed by atoms with Crippen LogP contribution in [0.2, 0.25) is 0 Å². The molecule has 2 heterocycles. The number of nitrogens with zero attached hydrogens (tertiary/aromatic N) is 3. The van der Waals surface area contributed by atoms with Gasteiger partial charge in [0.15, 0.2) is 0 Å². The molecule has 1 aliphatic heterocycles. The van der Waals surface area contributed by atoms with Gasteiger partial charge in [-0.25, -0.2) is 4.98 Å². The highest BCUT2D eigenvalue weighted by atomic mass is 16.2. The first-order valence-corrected chi connectivity index (χ1v) is 10.1. The van der Waals surface area contributed by atoms with Crippen molar-refractivity contribution < 1.29 is 4.79 Å². The van der Waals surface area contributed by atoms with Crippen molar-refractivity contribution in [1.29, 1.82) is 5.26 Å². The normalized spacial score (nSPS) is 24.8. The molecule has 29 heavy (non-hydrogen) atoms. The summed E-state index contributed by atoms with van der Waals surface area (Å²) in [5.74, 6) is 0.0708. The Hall–Kier alpha value is -3.13. The van der Waals surface area contributed by atoms with Crippen molar-refractivity contribution in [2.45, 2.75) is 45.1 Å². The molecule has 2 aliphatic rings. The molecule has 3 aromatic rings. The van der Waals surface area contributed by atoms with Crippen molar-refractivity contribution in [2.24, 2.45) is 5.41 Å². The molecule has 0 radical (unpaired) electrons. The van der Waals surface area contributed by atoms with Crippen LogP contribution in [0.1, 0.15) is 54.2 Å². The summed E-state index contributed by atoms with van der Waals surface area (Å²) in [5.41, 5.74) is 5.57. The standard InChI is InChI=1S/C24H24N4O/c1-23(2)21-12-17-10-15(13-25)4-6-18(17)24(23,3)8-9-28(21)22(29)16-5-7-19-20(11-16)27-14-26-19/h4-7,10-11,14,21H,8-9,12H2,1-3H3,(H,26,27)/t21?,24-/m0/s1. The Labute approximate surface area is 170 Å². The first-order chi connectivity index (χ1) is 13.8. The van der Waals surface area contributed by atoms with Crippen LogP contribution < -0.4 is 0 Å². The molecular weight excluding hydrogens is 360 g/mol. The van der Waals surface area contributed by atoms with Gasteiger partial charge in [0.1, 0.15) is 0 Å². The molecule has 5 heteroatoms. The second-order valence-corrected chi connectivity index (χ2v) is 9.14. The minimum absolute atomic E-state index is 0.0245. The van der Waals surface area contributed by atoms with Crippen molar-refractivity contribution in [2.75, 3.05) is 6.54 Å². The predicted octanol–water partition coefficient (Wildman–Crippen LogP) is 4.19. The van der Waals surface area contributed by atoms with E-state index in [9.17, 15) is 10.1 Å². The lowest BCUT2D eigenvalue weighted by molar-refractivity contribution is -0.0262. The van der Waals surface area contributed by atoms with E-state index in [1.54, 1.807) is 6.33 Å². The molecule has 1 N–H and O–H groups in total. The molecule has 5 rings (SSSR count). The molecule has 1 unspecified atom stereocenters. The van der Waals surface area contributed by atoms with Crippen LogP contribution in [0.4, 0.5) is 0 Å². The number of carbonyl (C=O) groups is 1. The number of hydrogen-bond donors (Lipinski definition) is 1. The fourth-order valence-electron chi connectivity index (χ4n) is 5.48. The predicted molar refractivity (Wildman–Crippen MR) is 112 cm³/mol. The topological polar surface area (TPSA) is 72.8 Å². The number of nitriles is 1. The van der Waals surface area contributed by atoms with Crippen molar-refractivity contribution in [1.82, 2.24) is 14.9 Å². The summed E-state index contributed by atoms with van der Waals surface area (Å²) >= 11 is 0. The summed E-state index contributed by atoms with van der Waals surface area (Å²) < 4.78 is 0. The summed E-state index contributed by atoms with van der Waals surface area (Å²) in [6, 6.07) is 14.1. The molecule has 1 aliphatic carbocycles. The number of aromatic amines is 1. The van der Waals surface area contributed by atoms with E-state index < -0.39 is 0 Å². The molecule has 2 atom stereocenters. The van der Waals surface area contributed by atoms with E-state index in [0.29, 0.717) is 11.1 Å². The minimum Gasteiger partial charge on any atom is -0.345 e. The second-order valence-electron chi connectivity index (χ2n) is 9.14. The molecule has 146 valence electrons. The van der Waals surface area contributed by atoms with Crippen molar-refractivity contribution in [3.8, 4) is 6.07 Å². The highest BCUT2D eigenvalue weighted by Gasteiger charge is 2.56. The Morgan fingerprint density at radius 1 is 1.24 bits per heavy atom. The van der Waals surface area contributed by atoms with E-state index in [1.807, 2.05) is 30.3 Å². The third-order valence-electron chi connectivity index (χ3n) is 7.65.